The molecule has 0 aliphatic carbocycles. The maximum Gasteiger partial charge on any atom is 0.270 e. The molecule has 0 radical (unpaired) electrons. The summed E-state index contributed by atoms with van der Waals surface area (Å²) in [7, 11) is 0. The third-order valence-corrected chi connectivity index (χ3v) is 4.58. The summed E-state index contributed by atoms with van der Waals surface area (Å²) in [6.07, 6.45) is 0. The van der Waals surface area contributed by atoms with Gasteiger partial charge in [0.15, 0.2) is 0 Å². The van der Waals surface area contributed by atoms with Gasteiger partial charge in [0.2, 0.25) is 0 Å². The molecule has 1 aliphatic heterocycles. The van der Waals surface area contributed by atoms with Crippen molar-refractivity contribution in [2.24, 2.45) is 0 Å². The van der Waals surface area contributed by atoms with E-state index in [1.807, 2.05) is 31.2 Å². The molecule has 1 heterocycles. The van der Waals surface area contributed by atoms with E-state index >= 15 is 0 Å². The topological polar surface area (TPSA) is 80.5 Å². The van der Waals surface area contributed by atoms with Crippen molar-refractivity contribution in [2.75, 3.05) is 0 Å². The molecular formula is C20H14N2O4. The first-order valence-electron chi connectivity index (χ1n) is 8.08. The Kier molecular flexibility index (Phi) is 3.54. The first-order chi connectivity index (χ1) is 12.5. The van der Waals surface area contributed by atoms with Crippen LogP contribution in [0.1, 0.15) is 31.8 Å². The molecule has 0 saturated heterocycles. The van der Waals surface area contributed by atoms with Gasteiger partial charge in [-0.25, -0.2) is 0 Å². The molecule has 0 unspecified atom stereocenters. The first kappa shape index (κ1) is 16.0. The van der Waals surface area contributed by atoms with Gasteiger partial charge in [0.25, 0.3) is 17.5 Å². The highest BCUT2D eigenvalue weighted by molar-refractivity contribution is 6.25. The van der Waals surface area contributed by atoms with E-state index in [9.17, 15) is 19.7 Å². The van der Waals surface area contributed by atoms with Crippen LogP contribution in [0, 0.1) is 17.0 Å². The van der Waals surface area contributed by atoms with Crippen molar-refractivity contribution >= 4 is 28.3 Å². The highest BCUT2D eigenvalue weighted by atomic mass is 16.6. The molecule has 128 valence electrons. The maximum atomic E-state index is 12.9. The van der Waals surface area contributed by atoms with E-state index in [-0.39, 0.29) is 23.7 Å². The number of rotatable bonds is 3. The van der Waals surface area contributed by atoms with Crippen LogP contribution in [0.3, 0.4) is 0 Å². The van der Waals surface area contributed by atoms with Crippen LogP contribution in [-0.2, 0) is 6.54 Å². The number of non-ortho nitro benzene ring substituents is 1. The Morgan fingerprint density at radius 1 is 0.962 bits per heavy atom. The summed E-state index contributed by atoms with van der Waals surface area (Å²) in [4.78, 5) is 37.6. The lowest BCUT2D eigenvalue weighted by Crippen LogP contribution is -2.39. The minimum absolute atomic E-state index is 0.121. The van der Waals surface area contributed by atoms with Gasteiger partial charge >= 0.3 is 0 Å². The summed E-state index contributed by atoms with van der Waals surface area (Å²) < 4.78 is 0. The number of nitro groups is 1. The number of carbonyl (C=O) groups is 2. The zero-order valence-electron chi connectivity index (χ0n) is 13.9. The second-order valence-electron chi connectivity index (χ2n) is 6.34. The standard InChI is InChI=1S/C20H14N2O4/c1-12-5-7-13(8-6-12)11-21-19(23)16-4-2-3-14-9-15(22(25)26)10-17(18(14)16)20(21)24/h2-10H,11H2,1H3. The summed E-state index contributed by atoms with van der Waals surface area (Å²) in [6.45, 7) is 2.08. The van der Waals surface area contributed by atoms with Gasteiger partial charge in [0.1, 0.15) is 0 Å². The van der Waals surface area contributed by atoms with Crippen LogP contribution in [0.2, 0.25) is 0 Å². The SMILES string of the molecule is Cc1ccc(CN2C(=O)c3cccc4cc([N+](=O)[O-])cc(c34)C2=O)cc1. The smallest absolute Gasteiger partial charge is 0.270 e. The Labute approximate surface area is 148 Å². The maximum absolute atomic E-state index is 12.9. The molecule has 0 N–H and O–H groups in total. The number of hydrogen-bond donors (Lipinski definition) is 0. The van der Waals surface area contributed by atoms with Gasteiger partial charge in [-0.05, 0) is 23.9 Å². The van der Waals surface area contributed by atoms with Gasteiger partial charge in [-0.2, -0.15) is 0 Å². The lowest BCUT2D eigenvalue weighted by molar-refractivity contribution is -0.384. The number of nitrogens with zero attached hydrogens (tertiary/aromatic N) is 2. The number of benzene rings is 3. The number of carbonyl (C=O) groups excluding carboxylic acids is 2. The highest BCUT2D eigenvalue weighted by Crippen LogP contribution is 2.34. The van der Waals surface area contributed by atoms with Gasteiger partial charge < -0.3 is 0 Å². The Hall–Kier alpha value is -3.54. The van der Waals surface area contributed by atoms with E-state index in [1.165, 1.54) is 12.1 Å². The predicted molar refractivity (Wildman–Crippen MR) is 96.0 cm³/mol. The van der Waals surface area contributed by atoms with Gasteiger partial charge in [0, 0.05) is 23.1 Å². The van der Waals surface area contributed by atoms with Crippen molar-refractivity contribution in [3.8, 4) is 0 Å². The summed E-state index contributed by atoms with van der Waals surface area (Å²) in [6, 6.07) is 15.2. The average Bonchev–Trinajstić information content (AvgIpc) is 2.64. The van der Waals surface area contributed by atoms with Gasteiger partial charge in [-0.3, -0.25) is 24.6 Å². The van der Waals surface area contributed by atoms with Crippen molar-refractivity contribution in [3.63, 3.8) is 0 Å². The average molecular weight is 346 g/mol. The third kappa shape index (κ3) is 2.43. The van der Waals surface area contributed by atoms with E-state index in [4.69, 9.17) is 0 Å². The van der Waals surface area contributed by atoms with E-state index in [0.29, 0.717) is 16.3 Å². The van der Waals surface area contributed by atoms with Crippen LogP contribution in [0.25, 0.3) is 10.8 Å². The lowest BCUT2D eigenvalue weighted by Gasteiger charge is -2.27. The Morgan fingerprint density at radius 2 is 1.65 bits per heavy atom. The molecule has 6 nitrogen and oxygen atoms in total. The van der Waals surface area contributed by atoms with Crippen molar-refractivity contribution in [2.45, 2.75) is 13.5 Å². The fourth-order valence-corrected chi connectivity index (χ4v) is 3.27. The largest absolute Gasteiger partial charge is 0.270 e. The molecule has 0 bridgehead atoms. The van der Waals surface area contributed by atoms with E-state index < -0.39 is 10.8 Å². The number of imide groups is 1. The summed E-state index contributed by atoms with van der Waals surface area (Å²) in [5, 5.41) is 12.2. The molecule has 1 aliphatic rings. The highest BCUT2D eigenvalue weighted by Gasteiger charge is 2.34. The van der Waals surface area contributed by atoms with Crippen molar-refractivity contribution < 1.29 is 14.5 Å². The number of aryl methyl sites for hydroxylation is 1. The second-order valence-corrected chi connectivity index (χ2v) is 6.34. The molecule has 0 atom stereocenters. The Balaban J connectivity index is 1.86. The second kappa shape index (κ2) is 5.77. The van der Waals surface area contributed by atoms with Gasteiger partial charge in [-0.1, -0.05) is 42.0 Å². The Morgan fingerprint density at radius 3 is 2.35 bits per heavy atom. The molecule has 0 aromatic heterocycles. The monoisotopic (exact) mass is 346 g/mol. The van der Waals surface area contributed by atoms with E-state index in [2.05, 4.69) is 0 Å². The van der Waals surface area contributed by atoms with Crippen LogP contribution >= 0.6 is 0 Å². The van der Waals surface area contributed by atoms with Gasteiger partial charge in [0.05, 0.1) is 17.0 Å². The van der Waals surface area contributed by atoms with Crippen molar-refractivity contribution in [1.29, 1.82) is 0 Å². The van der Waals surface area contributed by atoms with Gasteiger partial charge in [-0.15, -0.1) is 0 Å². The molecular weight excluding hydrogens is 332 g/mol. The third-order valence-electron chi connectivity index (χ3n) is 4.58. The number of nitro benzene ring substituents is 1. The Bertz CT molecular complexity index is 1090. The molecule has 3 aromatic carbocycles. The van der Waals surface area contributed by atoms with Crippen LogP contribution in [0.5, 0.6) is 0 Å². The van der Waals surface area contributed by atoms with Crippen molar-refractivity contribution in [3.05, 3.63) is 87.0 Å². The normalized spacial score (nSPS) is 13.3. The lowest BCUT2D eigenvalue weighted by atomic mass is 9.93. The molecule has 6 heteroatoms. The first-order valence-corrected chi connectivity index (χ1v) is 8.08. The molecule has 4 rings (SSSR count). The van der Waals surface area contributed by atoms with Crippen LogP contribution in [0.15, 0.2) is 54.6 Å². The van der Waals surface area contributed by atoms with E-state index in [1.54, 1.807) is 18.2 Å². The minimum Gasteiger partial charge on any atom is -0.270 e. The van der Waals surface area contributed by atoms with Crippen LogP contribution in [0.4, 0.5) is 5.69 Å². The molecule has 0 saturated carbocycles. The molecule has 3 aromatic rings. The zero-order valence-corrected chi connectivity index (χ0v) is 13.9. The molecule has 0 fully saturated rings. The van der Waals surface area contributed by atoms with E-state index in [0.717, 1.165) is 16.0 Å². The fourth-order valence-electron chi connectivity index (χ4n) is 3.27. The quantitative estimate of drug-likeness (QED) is 0.410. The van der Waals surface area contributed by atoms with Crippen LogP contribution < -0.4 is 0 Å². The number of amides is 2. The van der Waals surface area contributed by atoms with Crippen LogP contribution in [-0.4, -0.2) is 21.6 Å². The molecule has 2 amide bonds. The van der Waals surface area contributed by atoms with Crippen molar-refractivity contribution in [1.82, 2.24) is 4.90 Å². The molecule has 0 spiro atoms. The fraction of sp³-hybridized carbons (Fsp3) is 0.100. The summed E-state index contributed by atoms with van der Waals surface area (Å²) in [5.74, 6) is -0.898. The number of hydrogen-bond acceptors (Lipinski definition) is 4. The predicted octanol–water partition coefficient (Wildman–Crippen LogP) is 3.85. The molecule has 26 heavy (non-hydrogen) atoms. The summed E-state index contributed by atoms with van der Waals surface area (Å²) in [5.41, 5.74) is 2.31. The minimum atomic E-state index is -0.531. The zero-order chi connectivity index (χ0) is 18.4. The summed E-state index contributed by atoms with van der Waals surface area (Å²) >= 11 is 0.